The molecule has 8 heterocycles. The number of nitrogen functional groups attached to an aromatic ring is 1. The number of rotatable bonds is 18. The fourth-order valence-corrected chi connectivity index (χ4v) is 12.3. The van der Waals surface area contributed by atoms with Crippen LogP contribution in [0.5, 0.6) is 17.5 Å². The summed E-state index contributed by atoms with van der Waals surface area (Å²) in [6, 6.07) is 22.3. The number of benzene rings is 2. The number of pyridine rings is 1. The summed E-state index contributed by atoms with van der Waals surface area (Å²) in [5, 5.41) is 44.4. The van der Waals surface area contributed by atoms with Crippen molar-refractivity contribution in [1.29, 1.82) is 0 Å². The summed E-state index contributed by atoms with van der Waals surface area (Å²) in [5.74, 6) is 0.312. The lowest BCUT2D eigenvalue weighted by molar-refractivity contribution is -0.141. The van der Waals surface area contributed by atoms with Gasteiger partial charge in [-0.25, -0.2) is 4.98 Å². The maximum absolute atomic E-state index is 14.3. The molecule has 2 amide bonds. The van der Waals surface area contributed by atoms with Crippen LogP contribution in [0.25, 0.3) is 22.4 Å². The number of aromatic amines is 1. The Labute approximate surface area is 454 Å². The predicted octanol–water partition coefficient (Wildman–Crippen LogP) is 6.73. The van der Waals surface area contributed by atoms with Crippen molar-refractivity contribution in [2.75, 3.05) is 61.4 Å². The van der Waals surface area contributed by atoms with Crippen LogP contribution in [-0.4, -0.2) is 151 Å². The number of piperazine rings is 1. The third kappa shape index (κ3) is 11.2. The number of aromatic hydroxyl groups is 1. The first-order valence-electron chi connectivity index (χ1n) is 27.7. The zero-order valence-corrected chi connectivity index (χ0v) is 45.1. The summed E-state index contributed by atoms with van der Waals surface area (Å²) < 4.78 is 24.8. The number of nitrogens with two attached hydrogens (primary N) is 1. The van der Waals surface area contributed by atoms with Crippen LogP contribution < -0.4 is 30.3 Å². The van der Waals surface area contributed by atoms with Crippen LogP contribution in [-0.2, 0) is 14.3 Å². The second-order valence-corrected chi connectivity index (χ2v) is 22.3. The van der Waals surface area contributed by atoms with Crippen LogP contribution in [0.4, 0.5) is 17.2 Å². The highest BCUT2D eigenvalue weighted by atomic mass is 16.5. The maximum atomic E-state index is 14.3. The normalized spacial score (nSPS) is 23.3. The van der Waals surface area contributed by atoms with Crippen molar-refractivity contribution in [3.8, 4) is 39.9 Å². The highest BCUT2D eigenvalue weighted by Crippen LogP contribution is 2.41. The number of aliphatic hydroxyl groups is 1. The number of aryl methyl sites for hydroxylation is 2. The molecule has 6 atom stereocenters. The number of hydrogen-bond donors (Lipinski definition) is 5. The number of para-hydroxylation sites is 1. The van der Waals surface area contributed by atoms with Gasteiger partial charge in [0.2, 0.25) is 17.7 Å². The molecule has 5 aliphatic rings. The number of carbonyl (C=O) groups is 2. The average molecular weight is 1070 g/mol. The summed E-state index contributed by atoms with van der Waals surface area (Å²) in [7, 11) is 0. The number of carbonyl (C=O) groups excluding carboxylic acids is 2. The summed E-state index contributed by atoms with van der Waals surface area (Å²) in [6.45, 7) is 14.2. The van der Waals surface area contributed by atoms with Gasteiger partial charge in [-0.05, 0) is 92.9 Å². The lowest BCUT2D eigenvalue weighted by Gasteiger charge is -2.43. The van der Waals surface area contributed by atoms with E-state index in [0.717, 1.165) is 104 Å². The van der Waals surface area contributed by atoms with Crippen LogP contribution in [0.3, 0.4) is 0 Å². The molecule has 5 fully saturated rings. The fraction of sp³-hybridized carbons (Fsp3) is 0.500. The highest BCUT2D eigenvalue weighted by molar-refractivity contribution is 5.91. The Morgan fingerprint density at radius 1 is 0.885 bits per heavy atom. The van der Waals surface area contributed by atoms with Gasteiger partial charge in [-0.15, -0.1) is 10.2 Å². The van der Waals surface area contributed by atoms with E-state index in [1.807, 2.05) is 83.3 Å². The van der Waals surface area contributed by atoms with Gasteiger partial charge in [-0.1, -0.05) is 50.2 Å². The molecule has 1 aliphatic carbocycles. The van der Waals surface area contributed by atoms with Gasteiger partial charge >= 0.3 is 0 Å². The number of amides is 2. The van der Waals surface area contributed by atoms with Crippen molar-refractivity contribution in [2.24, 2.45) is 5.92 Å². The number of anilines is 3. The molecular formula is C58H72N12O8. The number of phenolic OH excluding ortho intramolecular Hbond substituents is 1. The van der Waals surface area contributed by atoms with E-state index in [4.69, 9.17) is 24.5 Å². The number of hydrogen-bond acceptors (Lipinski definition) is 17. The van der Waals surface area contributed by atoms with Gasteiger partial charge in [0.25, 0.3) is 5.88 Å². The van der Waals surface area contributed by atoms with Gasteiger partial charge in [-0.3, -0.25) is 19.6 Å². The molecule has 4 aromatic heterocycles. The molecule has 412 valence electrons. The average Bonchev–Trinajstić information content (AvgIpc) is 4.29. The number of fused-ring (bicyclic) bond motifs is 2. The van der Waals surface area contributed by atoms with E-state index in [9.17, 15) is 19.8 Å². The van der Waals surface area contributed by atoms with Gasteiger partial charge in [0.15, 0.2) is 11.6 Å². The van der Waals surface area contributed by atoms with Crippen LogP contribution in [0, 0.1) is 19.8 Å². The minimum atomic E-state index is -0.837. The molecule has 0 spiro atoms. The lowest BCUT2D eigenvalue weighted by atomic mass is 9.91. The van der Waals surface area contributed by atoms with Gasteiger partial charge in [-0.2, -0.15) is 5.10 Å². The SMILES string of the molecule is Cc1n[nH]c(C)c1-c1ccc([C@H](C)NC(=O)[C@@H]2C[C@@H](O)CN2C(=O)[C@@H](c2cc(OCCN3CCC(O[C@H]4C[C@H](Oc5cc(N6C7CCC6CN(c6cc(-c8ccccc8O)nnc6N)C7)ccn5)C4)CC3)no2)C(C)C)cc1. The topological polar surface area (TPSA) is 247 Å². The van der Waals surface area contributed by atoms with Crippen molar-refractivity contribution in [1.82, 2.24) is 45.7 Å². The van der Waals surface area contributed by atoms with Crippen LogP contribution in [0.1, 0.15) is 100 Å². The smallest absolute Gasteiger partial charge is 0.254 e. The first kappa shape index (κ1) is 52.7. The molecule has 2 unspecified atom stereocenters. The van der Waals surface area contributed by atoms with E-state index < -0.39 is 18.1 Å². The number of aliphatic hydroxyl groups excluding tert-OH is 1. The molecule has 6 N–H and O–H groups in total. The first-order valence-corrected chi connectivity index (χ1v) is 27.7. The second kappa shape index (κ2) is 22.6. The molecule has 2 aromatic carbocycles. The zero-order valence-electron chi connectivity index (χ0n) is 45.1. The molecule has 11 rings (SSSR count). The van der Waals surface area contributed by atoms with E-state index in [1.54, 1.807) is 18.2 Å². The molecule has 6 aromatic rings. The number of ether oxygens (including phenoxy) is 3. The van der Waals surface area contributed by atoms with Crippen molar-refractivity contribution in [2.45, 2.75) is 134 Å². The molecular weight excluding hydrogens is 993 g/mol. The Bertz CT molecular complexity index is 3030. The Balaban J connectivity index is 0.602. The molecule has 78 heavy (non-hydrogen) atoms. The van der Waals surface area contributed by atoms with Crippen molar-refractivity contribution < 1.29 is 38.5 Å². The highest BCUT2D eigenvalue weighted by Gasteiger charge is 2.45. The van der Waals surface area contributed by atoms with Gasteiger partial charge < -0.3 is 54.7 Å². The first-order chi connectivity index (χ1) is 37.7. The number of H-pyrrole nitrogens is 1. The summed E-state index contributed by atoms with van der Waals surface area (Å²) in [4.78, 5) is 41.3. The van der Waals surface area contributed by atoms with Gasteiger partial charge in [0, 0.05) is 111 Å². The van der Waals surface area contributed by atoms with Crippen LogP contribution in [0.2, 0.25) is 0 Å². The minimum absolute atomic E-state index is 0.0481. The molecule has 1 saturated carbocycles. The molecule has 4 saturated heterocycles. The third-order valence-electron chi connectivity index (χ3n) is 16.5. The van der Waals surface area contributed by atoms with Crippen molar-refractivity contribution in [3.63, 3.8) is 0 Å². The third-order valence-corrected chi connectivity index (χ3v) is 16.5. The quantitative estimate of drug-likeness (QED) is 0.0599. The van der Waals surface area contributed by atoms with Gasteiger partial charge in [0.1, 0.15) is 30.4 Å². The molecule has 20 nitrogen and oxygen atoms in total. The number of likely N-dealkylation sites (tertiary alicyclic amines) is 2. The van der Waals surface area contributed by atoms with E-state index in [0.29, 0.717) is 47.7 Å². The minimum Gasteiger partial charge on any atom is -0.507 e. The Hall–Kier alpha value is -7.29. The number of nitrogens with one attached hydrogen (secondary N) is 2. The number of aromatic nitrogens is 6. The standard InChI is InChI=1S/C58H72N12O8/c1-33(2)54(58(74)69-32-42(71)25-49(69)57(73)61-34(3)37-10-12-38(13-11-37)55-35(4)62-63-36(55)5)51-29-53(66-78-51)75-23-22-67-20-17-43(18-21-67)76-44-26-45(27-44)77-52-24-39(16-19-60-52)70-40-14-15-41(70)31-68(30-40)48-28-47(64-65-56(48)59)46-8-6-7-9-50(46)72/h6-13,16,19,24,28-29,33-34,40-45,49,54,71-72H,14-15,17-18,20-23,25-27,30-32H2,1-5H3,(H2,59,65)(H,61,73)(H,62,63)/t34-,40?,41?,42+,44-,45-,49-,54+/m0/s1. The van der Waals surface area contributed by atoms with E-state index in [-0.39, 0.29) is 72.9 Å². The zero-order chi connectivity index (χ0) is 54.2. The lowest BCUT2D eigenvalue weighted by Crippen LogP contribution is -2.54. The van der Waals surface area contributed by atoms with E-state index in [1.165, 1.54) is 4.90 Å². The Kier molecular flexibility index (Phi) is 15.3. The predicted molar refractivity (Wildman–Crippen MR) is 293 cm³/mol. The fourth-order valence-electron chi connectivity index (χ4n) is 12.3. The van der Waals surface area contributed by atoms with Gasteiger partial charge in [0.05, 0.1) is 41.4 Å². The van der Waals surface area contributed by atoms with Crippen molar-refractivity contribution >= 4 is 29.0 Å². The largest absolute Gasteiger partial charge is 0.507 e. The number of nitrogens with zero attached hydrogens (tertiary/aromatic N) is 9. The molecule has 4 aliphatic heterocycles. The van der Waals surface area contributed by atoms with Crippen molar-refractivity contribution in [3.05, 3.63) is 102 Å². The molecule has 20 heteroatoms. The summed E-state index contributed by atoms with van der Waals surface area (Å²) in [6.07, 6.45) is 7.20. The number of phenols is 1. The van der Waals surface area contributed by atoms with E-state index >= 15 is 0 Å². The second-order valence-electron chi connectivity index (χ2n) is 22.3. The van der Waals surface area contributed by atoms with Crippen LogP contribution >= 0.6 is 0 Å². The van der Waals surface area contributed by atoms with Crippen LogP contribution in [0.15, 0.2) is 83.5 Å². The summed E-state index contributed by atoms with van der Waals surface area (Å²) in [5.41, 5.74) is 14.5. The molecule has 0 radical (unpaired) electrons. The number of piperidine rings is 1. The Morgan fingerprint density at radius 2 is 1.64 bits per heavy atom. The Morgan fingerprint density at radius 3 is 2.36 bits per heavy atom. The monoisotopic (exact) mass is 1060 g/mol. The summed E-state index contributed by atoms with van der Waals surface area (Å²) >= 11 is 0. The van der Waals surface area contributed by atoms with E-state index in [2.05, 4.69) is 62.7 Å². The maximum Gasteiger partial charge on any atom is 0.254 e. The molecule has 2 bridgehead atoms. The number of β-amino-alcohol motifs (C(OH)–C–C–N with tert-alkyl or cyclic N) is 1.